The molecular formula is C12H22O4. The van der Waals surface area contributed by atoms with Crippen LogP contribution in [-0.4, -0.2) is 32.9 Å². The number of methoxy groups -OCH3 is 2. The average molecular weight is 230 g/mol. The monoisotopic (exact) mass is 230 g/mol. The molecule has 94 valence electrons. The number of hydrogen-bond donors (Lipinski definition) is 0. The number of hydrogen-bond acceptors (Lipinski definition) is 4. The fourth-order valence-corrected chi connectivity index (χ4v) is 1.91. The highest BCUT2D eigenvalue weighted by molar-refractivity contribution is 4.68. The molecular weight excluding hydrogens is 208 g/mol. The fraction of sp³-hybridized carbons (Fsp3) is 0.833. The van der Waals surface area contributed by atoms with Gasteiger partial charge in [-0.1, -0.05) is 25.8 Å². The molecule has 0 bridgehead atoms. The molecule has 1 aliphatic rings. The van der Waals surface area contributed by atoms with Gasteiger partial charge < -0.3 is 18.9 Å². The van der Waals surface area contributed by atoms with Crippen molar-refractivity contribution >= 4 is 0 Å². The Morgan fingerprint density at radius 2 is 1.81 bits per heavy atom. The fourth-order valence-electron chi connectivity index (χ4n) is 1.91. The van der Waals surface area contributed by atoms with Crippen molar-refractivity contribution in [2.75, 3.05) is 20.8 Å². The lowest BCUT2D eigenvalue weighted by Gasteiger charge is -2.31. The van der Waals surface area contributed by atoms with E-state index >= 15 is 0 Å². The van der Waals surface area contributed by atoms with Crippen molar-refractivity contribution in [2.24, 2.45) is 0 Å². The van der Waals surface area contributed by atoms with Gasteiger partial charge in [0.2, 0.25) is 0 Å². The summed E-state index contributed by atoms with van der Waals surface area (Å²) in [5, 5.41) is 0. The lowest BCUT2D eigenvalue weighted by Crippen LogP contribution is -2.42. The predicted octanol–water partition coefficient (Wildman–Crippen LogP) is 2.44. The minimum absolute atomic E-state index is 0.261. The summed E-state index contributed by atoms with van der Waals surface area (Å²) in [4.78, 5) is 0. The molecule has 0 heterocycles. The van der Waals surface area contributed by atoms with Crippen molar-refractivity contribution in [1.82, 2.24) is 0 Å². The van der Waals surface area contributed by atoms with Crippen LogP contribution in [0.2, 0.25) is 0 Å². The van der Waals surface area contributed by atoms with E-state index in [1.54, 1.807) is 0 Å². The Balaban J connectivity index is 2.38. The van der Waals surface area contributed by atoms with Crippen molar-refractivity contribution in [3.05, 3.63) is 12.8 Å². The normalized spacial score (nSPS) is 18.4. The first kappa shape index (κ1) is 13.5. The molecule has 1 fully saturated rings. The zero-order valence-electron chi connectivity index (χ0n) is 10.2. The summed E-state index contributed by atoms with van der Waals surface area (Å²) in [6, 6.07) is 0. The highest BCUT2D eigenvalue weighted by Crippen LogP contribution is 2.23. The van der Waals surface area contributed by atoms with E-state index in [0.717, 1.165) is 12.8 Å². The van der Waals surface area contributed by atoms with Crippen LogP contribution in [0.5, 0.6) is 0 Å². The Morgan fingerprint density at radius 1 is 1.19 bits per heavy atom. The maximum atomic E-state index is 5.76. The second-order valence-electron chi connectivity index (χ2n) is 3.95. The molecule has 0 spiro atoms. The maximum Gasteiger partial charge on any atom is 0.350 e. The van der Waals surface area contributed by atoms with E-state index in [9.17, 15) is 0 Å². The third-order valence-electron chi connectivity index (χ3n) is 2.93. The van der Waals surface area contributed by atoms with Gasteiger partial charge in [-0.15, -0.1) is 0 Å². The summed E-state index contributed by atoms with van der Waals surface area (Å²) in [6.45, 7) is 3.76. The summed E-state index contributed by atoms with van der Waals surface area (Å²) in [7, 11) is 3.05. The number of rotatable bonds is 7. The van der Waals surface area contributed by atoms with Gasteiger partial charge >= 0.3 is 5.97 Å². The smallest absolute Gasteiger partial charge is 0.350 e. The minimum Gasteiger partial charge on any atom is -0.446 e. The van der Waals surface area contributed by atoms with Gasteiger partial charge in [-0.2, -0.15) is 0 Å². The minimum atomic E-state index is -1.15. The molecule has 0 amide bonds. The van der Waals surface area contributed by atoms with Crippen LogP contribution in [-0.2, 0) is 18.9 Å². The Hall–Kier alpha value is -0.580. The van der Waals surface area contributed by atoms with Gasteiger partial charge in [0.05, 0.1) is 12.4 Å². The van der Waals surface area contributed by atoms with Crippen LogP contribution in [0.15, 0.2) is 12.8 Å². The zero-order valence-corrected chi connectivity index (χ0v) is 10.2. The molecule has 1 rings (SSSR count). The predicted molar refractivity (Wildman–Crippen MR) is 60.9 cm³/mol. The summed E-state index contributed by atoms with van der Waals surface area (Å²) in [5.74, 6) is -1.15. The average Bonchev–Trinajstić information content (AvgIpc) is 2.36. The molecule has 0 aromatic heterocycles. The molecule has 16 heavy (non-hydrogen) atoms. The van der Waals surface area contributed by atoms with Crippen LogP contribution < -0.4 is 0 Å². The van der Waals surface area contributed by atoms with Crippen molar-refractivity contribution in [3.8, 4) is 0 Å². The highest BCUT2D eigenvalue weighted by Gasteiger charge is 2.33. The standard InChI is InChI=1S/C12H22O4/c1-4-16-12(13-2,14-3)10-15-11-8-6-5-7-9-11/h4,11H,1,5-10H2,2-3H3. The Morgan fingerprint density at radius 3 is 2.31 bits per heavy atom. The molecule has 0 aromatic carbocycles. The molecule has 0 aliphatic heterocycles. The first-order valence-electron chi connectivity index (χ1n) is 5.77. The van der Waals surface area contributed by atoms with Gasteiger partial charge in [0, 0.05) is 14.2 Å². The van der Waals surface area contributed by atoms with E-state index < -0.39 is 5.97 Å². The lowest BCUT2D eigenvalue weighted by atomic mass is 9.98. The molecule has 0 radical (unpaired) electrons. The molecule has 0 aromatic rings. The van der Waals surface area contributed by atoms with Crippen molar-refractivity contribution < 1.29 is 18.9 Å². The molecule has 1 saturated carbocycles. The molecule has 4 nitrogen and oxygen atoms in total. The van der Waals surface area contributed by atoms with Crippen molar-refractivity contribution in [1.29, 1.82) is 0 Å². The zero-order chi connectivity index (χ0) is 11.9. The van der Waals surface area contributed by atoms with E-state index in [1.807, 2.05) is 0 Å². The van der Waals surface area contributed by atoms with Crippen molar-refractivity contribution in [3.63, 3.8) is 0 Å². The maximum absolute atomic E-state index is 5.76. The molecule has 4 heteroatoms. The van der Waals surface area contributed by atoms with E-state index in [1.165, 1.54) is 39.7 Å². The second-order valence-corrected chi connectivity index (χ2v) is 3.95. The van der Waals surface area contributed by atoms with Gasteiger partial charge in [0.15, 0.2) is 0 Å². The third-order valence-corrected chi connectivity index (χ3v) is 2.93. The highest BCUT2D eigenvalue weighted by atomic mass is 16.9. The van der Waals surface area contributed by atoms with E-state index in [4.69, 9.17) is 18.9 Å². The summed E-state index contributed by atoms with van der Waals surface area (Å²) < 4.78 is 21.3. The third kappa shape index (κ3) is 3.77. The van der Waals surface area contributed by atoms with E-state index in [2.05, 4.69) is 6.58 Å². The molecule has 0 atom stereocenters. The van der Waals surface area contributed by atoms with E-state index in [-0.39, 0.29) is 6.61 Å². The topological polar surface area (TPSA) is 36.9 Å². The quantitative estimate of drug-likeness (QED) is 0.497. The van der Waals surface area contributed by atoms with Crippen LogP contribution in [0.3, 0.4) is 0 Å². The second kappa shape index (κ2) is 6.89. The van der Waals surface area contributed by atoms with Gasteiger partial charge in [-0.3, -0.25) is 0 Å². The Kier molecular flexibility index (Phi) is 5.80. The van der Waals surface area contributed by atoms with Crippen molar-refractivity contribution in [2.45, 2.75) is 44.2 Å². The SMILES string of the molecule is C=COC(COC1CCCCC1)(OC)OC. The molecule has 1 aliphatic carbocycles. The van der Waals surface area contributed by atoms with E-state index in [0.29, 0.717) is 6.10 Å². The van der Waals surface area contributed by atoms with Gasteiger partial charge in [0.25, 0.3) is 0 Å². The Labute approximate surface area is 97.5 Å². The summed E-state index contributed by atoms with van der Waals surface area (Å²) in [5.41, 5.74) is 0. The van der Waals surface area contributed by atoms with Crippen LogP contribution in [0.1, 0.15) is 32.1 Å². The molecule has 0 saturated heterocycles. The van der Waals surface area contributed by atoms with Gasteiger partial charge in [-0.05, 0) is 12.8 Å². The van der Waals surface area contributed by atoms with Gasteiger partial charge in [0.1, 0.15) is 6.61 Å². The van der Waals surface area contributed by atoms with Crippen LogP contribution >= 0.6 is 0 Å². The Bertz CT molecular complexity index is 195. The van der Waals surface area contributed by atoms with Crippen LogP contribution in [0.25, 0.3) is 0 Å². The van der Waals surface area contributed by atoms with Crippen LogP contribution in [0, 0.1) is 0 Å². The largest absolute Gasteiger partial charge is 0.446 e. The summed E-state index contributed by atoms with van der Waals surface area (Å²) >= 11 is 0. The summed E-state index contributed by atoms with van der Waals surface area (Å²) in [6.07, 6.45) is 7.60. The molecule has 0 N–H and O–H groups in total. The van der Waals surface area contributed by atoms with Gasteiger partial charge in [-0.25, -0.2) is 0 Å². The molecule has 0 unspecified atom stereocenters. The number of ether oxygens (including phenoxy) is 4. The lowest BCUT2D eigenvalue weighted by molar-refractivity contribution is -0.361. The first-order chi connectivity index (χ1) is 7.76. The first-order valence-corrected chi connectivity index (χ1v) is 5.77. The van der Waals surface area contributed by atoms with Crippen LogP contribution in [0.4, 0.5) is 0 Å².